The number of carbonyl (C=O) groups excluding carboxylic acids is 1. The lowest BCUT2D eigenvalue weighted by atomic mass is 10.1. The van der Waals surface area contributed by atoms with Gasteiger partial charge in [-0.15, -0.1) is 0 Å². The van der Waals surface area contributed by atoms with Crippen LogP contribution in [0.1, 0.15) is 40.3 Å². The molecule has 0 saturated heterocycles. The van der Waals surface area contributed by atoms with Gasteiger partial charge in [0.2, 0.25) is 0 Å². The summed E-state index contributed by atoms with van der Waals surface area (Å²) in [6.45, 7) is 6.04. The summed E-state index contributed by atoms with van der Waals surface area (Å²) in [6, 6.07) is 11.6. The molecular weight excluding hydrogens is 274 g/mol. The number of benzene rings is 1. The number of hydrogen-bond acceptors (Lipinski definition) is 2. The third-order valence-electron chi connectivity index (χ3n) is 3.81. The van der Waals surface area contributed by atoms with Gasteiger partial charge in [-0.05, 0) is 56.2 Å². The Bertz CT molecular complexity index is 821. The molecule has 0 spiro atoms. The molecule has 0 unspecified atom stereocenters. The van der Waals surface area contributed by atoms with Gasteiger partial charge in [-0.2, -0.15) is 0 Å². The lowest BCUT2D eigenvalue weighted by molar-refractivity contribution is 0.0935. The highest BCUT2D eigenvalue weighted by molar-refractivity contribution is 5.99. The van der Waals surface area contributed by atoms with Gasteiger partial charge >= 0.3 is 0 Å². The molecule has 0 aliphatic carbocycles. The highest BCUT2D eigenvalue weighted by Gasteiger charge is 2.15. The Kier molecular flexibility index (Phi) is 3.67. The molecule has 0 fully saturated rings. The van der Waals surface area contributed by atoms with E-state index in [1.807, 2.05) is 31.2 Å². The van der Waals surface area contributed by atoms with Gasteiger partial charge in [0.1, 0.15) is 5.69 Å². The monoisotopic (exact) mass is 293 g/mol. The van der Waals surface area contributed by atoms with E-state index in [9.17, 15) is 4.79 Å². The lowest BCUT2D eigenvalue weighted by Crippen LogP contribution is -2.27. The second-order valence-corrected chi connectivity index (χ2v) is 5.68. The van der Waals surface area contributed by atoms with E-state index in [1.54, 1.807) is 6.20 Å². The number of aromatic nitrogens is 2. The van der Waals surface area contributed by atoms with Gasteiger partial charge in [-0.25, -0.2) is 0 Å². The minimum absolute atomic E-state index is 0.119. The molecule has 112 valence electrons. The van der Waals surface area contributed by atoms with Crippen LogP contribution in [0.2, 0.25) is 0 Å². The number of carbonyl (C=O) groups is 1. The summed E-state index contributed by atoms with van der Waals surface area (Å²) in [6.07, 6.45) is 1.73. The van der Waals surface area contributed by atoms with Crippen molar-refractivity contribution >= 4 is 16.8 Å². The average Bonchev–Trinajstić information content (AvgIpc) is 2.92. The maximum Gasteiger partial charge on any atom is 0.268 e. The first-order valence-electron chi connectivity index (χ1n) is 7.36. The number of nitrogens with zero attached hydrogens (tertiary/aromatic N) is 1. The number of fused-ring (bicyclic) bond motifs is 1. The Morgan fingerprint density at radius 1 is 1.23 bits per heavy atom. The average molecular weight is 293 g/mol. The van der Waals surface area contributed by atoms with Crippen molar-refractivity contribution in [3.8, 4) is 0 Å². The van der Waals surface area contributed by atoms with Gasteiger partial charge in [-0.3, -0.25) is 9.78 Å². The van der Waals surface area contributed by atoms with Crippen LogP contribution < -0.4 is 5.32 Å². The zero-order valence-corrected chi connectivity index (χ0v) is 13.0. The molecule has 4 heteroatoms. The van der Waals surface area contributed by atoms with Gasteiger partial charge < -0.3 is 10.3 Å². The van der Waals surface area contributed by atoms with Crippen molar-refractivity contribution in [3.05, 3.63) is 65.1 Å². The third-order valence-corrected chi connectivity index (χ3v) is 3.81. The van der Waals surface area contributed by atoms with Crippen LogP contribution in [0.3, 0.4) is 0 Å². The summed E-state index contributed by atoms with van der Waals surface area (Å²) in [5, 5.41) is 4.06. The molecule has 1 amide bonds. The summed E-state index contributed by atoms with van der Waals surface area (Å²) in [5.74, 6) is -0.119. The first-order chi connectivity index (χ1) is 10.5. The normalized spacial score (nSPS) is 12.3. The van der Waals surface area contributed by atoms with E-state index in [4.69, 9.17) is 0 Å². The zero-order chi connectivity index (χ0) is 15.7. The summed E-state index contributed by atoms with van der Waals surface area (Å²) >= 11 is 0. The zero-order valence-electron chi connectivity index (χ0n) is 13.0. The number of H-pyrrole nitrogens is 1. The van der Waals surface area contributed by atoms with Crippen molar-refractivity contribution in [2.75, 3.05) is 0 Å². The molecule has 3 rings (SSSR count). The minimum atomic E-state index is -0.136. The number of aromatic amines is 1. The van der Waals surface area contributed by atoms with Crippen molar-refractivity contribution in [1.82, 2.24) is 15.3 Å². The van der Waals surface area contributed by atoms with Gasteiger partial charge in [0.05, 0.1) is 11.7 Å². The predicted molar refractivity (Wildman–Crippen MR) is 87.9 cm³/mol. The highest BCUT2D eigenvalue weighted by atomic mass is 16.1. The standard InChI is InChI=1S/C18H19N3O/c1-11-8-12(2)14-10-17(21-16(14)9-11)18(22)20-13(3)15-6-4-5-7-19-15/h4-10,13,21H,1-3H3,(H,20,22)/t13-/m0/s1. The van der Waals surface area contributed by atoms with E-state index in [0.29, 0.717) is 5.69 Å². The first kappa shape index (κ1) is 14.3. The summed E-state index contributed by atoms with van der Waals surface area (Å²) in [5.41, 5.74) is 4.77. The van der Waals surface area contributed by atoms with E-state index in [2.05, 4.69) is 41.3 Å². The van der Waals surface area contributed by atoms with Crippen molar-refractivity contribution in [1.29, 1.82) is 0 Å². The fourth-order valence-electron chi connectivity index (χ4n) is 2.70. The van der Waals surface area contributed by atoms with Crippen LogP contribution >= 0.6 is 0 Å². The SMILES string of the molecule is Cc1cc(C)c2cc(C(=O)N[C@@H](C)c3ccccn3)[nH]c2c1. The minimum Gasteiger partial charge on any atom is -0.351 e. The van der Waals surface area contributed by atoms with Crippen LogP contribution in [0, 0.1) is 13.8 Å². The largest absolute Gasteiger partial charge is 0.351 e. The molecule has 0 aliphatic heterocycles. The highest BCUT2D eigenvalue weighted by Crippen LogP contribution is 2.22. The van der Waals surface area contributed by atoms with Crippen LogP contribution in [0.5, 0.6) is 0 Å². The van der Waals surface area contributed by atoms with Crippen molar-refractivity contribution in [2.45, 2.75) is 26.8 Å². The number of pyridine rings is 1. The number of amides is 1. The third kappa shape index (κ3) is 2.72. The van der Waals surface area contributed by atoms with Crippen molar-refractivity contribution in [2.24, 2.45) is 0 Å². The summed E-state index contributed by atoms with van der Waals surface area (Å²) < 4.78 is 0. The first-order valence-corrected chi connectivity index (χ1v) is 7.36. The summed E-state index contributed by atoms with van der Waals surface area (Å²) in [4.78, 5) is 19.9. The molecule has 2 heterocycles. The Morgan fingerprint density at radius 2 is 2.05 bits per heavy atom. The lowest BCUT2D eigenvalue weighted by Gasteiger charge is -2.12. The Morgan fingerprint density at radius 3 is 2.77 bits per heavy atom. The Balaban J connectivity index is 1.85. The predicted octanol–water partition coefficient (Wildman–Crippen LogP) is 3.67. The molecule has 0 saturated carbocycles. The van der Waals surface area contributed by atoms with E-state index in [-0.39, 0.29) is 11.9 Å². The van der Waals surface area contributed by atoms with E-state index >= 15 is 0 Å². The molecule has 3 aromatic rings. The molecule has 0 bridgehead atoms. The van der Waals surface area contributed by atoms with E-state index in [1.165, 1.54) is 11.1 Å². The molecule has 1 aromatic carbocycles. The quantitative estimate of drug-likeness (QED) is 0.774. The molecule has 0 aliphatic rings. The van der Waals surface area contributed by atoms with Crippen LogP contribution in [0.25, 0.3) is 10.9 Å². The molecule has 2 N–H and O–H groups in total. The van der Waals surface area contributed by atoms with Crippen molar-refractivity contribution < 1.29 is 4.79 Å². The van der Waals surface area contributed by atoms with Gasteiger partial charge in [-0.1, -0.05) is 12.1 Å². The number of hydrogen-bond donors (Lipinski definition) is 2. The second-order valence-electron chi connectivity index (χ2n) is 5.68. The van der Waals surface area contributed by atoms with Crippen LogP contribution in [-0.2, 0) is 0 Å². The van der Waals surface area contributed by atoms with Gasteiger partial charge in [0.15, 0.2) is 0 Å². The smallest absolute Gasteiger partial charge is 0.268 e. The fraction of sp³-hybridized carbons (Fsp3) is 0.222. The van der Waals surface area contributed by atoms with Crippen LogP contribution in [0.15, 0.2) is 42.6 Å². The van der Waals surface area contributed by atoms with Crippen LogP contribution in [0.4, 0.5) is 0 Å². The maximum atomic E-state index is 12.4. The Hall–Kier alpha value is -2.62. The maximum absolute atomic E-state index is 12.4. The van der Waals surface area contributed by atoms with E-state index < -0.39 is 0 Å². The molecule has 22 heavy (non-hydrogen) atoms. The van der Waals surface area contributed by atoms with Gasteiger partial charge in [0.25, 0.3) is 5.91 Å². The Labute approximate surface area is 129 Å². The van der Waals surface area contributed by atoms with E-state index in [0.717, 1.165) is 16.6 Å². The summed E-state index contributed by atoms with van der Waals surface area (Å²) in [7, 11) is 0. The fourth-order valence-corrected chi connectivity index (χ4v) is 2.70. The molecule has 1 atom stereocenters. The number of rotatable bonds is 3. The molecule has 4 nitrogen and oxygen atoms in total. The second kappa shape index (κ2) is 5.64. The van der Waals surface area contributed by atoms with Crippen molar-refractivity contribution in [3.63, 3.8) is 0 Å². The number of aryl methyl sites for hydroxylation is 2. The topological polar surface area (TPSA) is 57.8 Å². The molecular formula is C18H19N3O. The molecule has 0 radical (unpaired) electrons. The number of nitrogens with one attached hydrogen (secondary N) is 2. The van der Waals surface area contributed by atoms with Gasteiger partial charge in [0, 0.05) is 17.1 Å². The molecule has 2 aromatic heterocycles. The van der Waals surface area contributed by atoms with Crippen LogP contribution in [-0.4, -0.2) is 15.9 Å².